The fourth-order valence-corrected chi connectivity index (χ4v) is 1.71. The van der Waals surface area contributed by atoms with Gasteiger partial charge in [-0.05, 0) is 12.8 Å². The van der Waals surface area contributed by atoms with Crippen molar-refractivity contribution in [2.45, 2.75) is 38.5 Å². The van der Waals surface area contributed by atoms with Gasteiger partial charge in [0.1, 0.15) is 26.4 Å². The van der Waals surface area contributed by atoms with Crippen LogP contribution in [0, 0.1) is 23.7 Å². The smallest absolute Gasteiger partial charge is 0.107 e. The van der Waals surface area contributed by atoms with Crippen molar-refractivity contribution in [3.05, 3.63) is 0 Å². The lowest BCUT2D eigenvalue weighted by Crippen LogP contribution is -1.96. The Labute approximate surface area is 135 Å². The Balaban J connectivity index is 3.06. The summed E-state index contributed by atoms with van der Waals surface area (Å²) in [5.74, 6) is 11.5. The first-order valence-corrected chi connectivity index (χ1v) is 7.96. The van der Waals surface area contributed by atoms with Crippen molar-refractivity contribution in [2.24, 2.45) is 0 Å². The molecule has 0 fully saturated rings. The summed E-state index contributed by atoms with van der Waals surface area (Å²) in [5.41, 5.74) is 0. The van der Waals surface area contributed by atoms with Gasteiger partial charge in [-0.2, -0.15) is 0 Å². The number of ether oxygens (including phenoxy) is 4. The number of methoxy groups -OCH3 is 2. The van der Waals surface area contributed by atoms with Crippen molar-refractivity contribution in [1.82, 2.24) is 0 Å². The predicted molar refractivity (Wildman–Crippen MR) is 88.6 cm³/mol. The van der Waals surface area contributed by atoms with Gasteiger partial charge in [-0.15, -0.1) is 0 Å². The first-order valence-electron chi connectivity index (χ1n) is 7.96. The molecule has 4 heteroatoms. The van der Waals surface area contributed by atoms with E-state index in [1.165, 1.54) is 25.7 Å². The molecule has 0 aliphatic heterocycles. The van der Waals surface area contributed by atoms with Crippen molar-refractivity contribution >= 4 is 0 Å². The summed E-state index contributed by atoms with van der Waals surface area (Å²) in [6.07, 6.45) is 7.16. The van der Waals surface area contributed by atoms with Gasteiger partial charge in [-0.1, -0.05) is 49.4 Å². The van der Waals surface area contributed by atoms with Crippen LogP contribution < -0.4 is 0 Å². The first kappa shape index (κ1) is 21.0. The molecule has 0 saturated carbocycles. The van der Waals surface area contributed by atoms with E-state index in [4.69, 9.17) is 18.9 Å². The third-order valence-corrected chi connectivity index (χ3v) is 2.86. The maximum atomic E-state index is 5.41. The maximum absolute atomic E-state index is 5.41. The Bertz CT molecular complexity index is 298. The zero-order valence-electron chi connectivity index (χ0n) is 14.1. The molecule has 0 heterocycles. The van der Waals surface area contributed by atoms with Crippen molar-refractivity contribution < 1.29 is 18.9 Å². The first-order chi connectivity index (χ1) is 10.9. The molecule has 0 aliphatic rings. The van der Waals surface area contributed by atoms with Crippen LogP contribution in [0.2, 0.25) is 0 Å². The van der Waals surface area contributed by atoms with Crippen LogP contribution in [0.25, 0.3) is 0 Å². The highest BCUT2D eigenvalue weighted by Crippen LogP contribution is 2.05. The Kier molecular flexibility index (Phi) is 19.0. The molecule has 126 valence electrons. The number of unbranched alkanes of at least 4 members (excludes halogenated alkanes) is 5. The van der Waals surface area contributed by atoms with Crippen molar-refractivity contribution in [3.8, 4) is 23.7 Å². The molecule has 0 unspecified atom stereocenters. The molecule has 22 heavy (non-hydrogen) atoms. The van der Waals surface area contributed by atoms with E-state index in [0.29, 0.717) is 26.4 Å². The van der Waals surface area contributed by atoms with E-state index in [9.17, 15) is 0 Å². The summed E-state index contributed by atoms with van der Waals surface area (Å²) in [7, 11) is 3.28. The quantitative estimate of drug-likeness (QED) is 0.387. The second-order valence-corrected chi connectivity index (χ2v) is 4.80. The van der Waals surface area contributed by atoms with Crippen LogP contribution in [0.5, 0.6) is 0 Å². The Morgan fingerprint density at radius 2 is 0.864 bits per heavy atom. The normalized spacial score (nSPS) is 9.73. The van der Waals surface area contributed by atoms with Gasteiger partial charge in [-0.25, -0.2) is 0 Å². The molecule has 0 spiro atoms. The fourth-order valence-electron chi connectivity index (χ4n) is 1.71. The topological polar surface area (TPSA) is 36.9 Å². The summed E-state index contributed by atoms with van der Waals surface area (Å²) < 4.78 is 20.5. The van der Waals surface area contributed by atoms with Crippen LogP contribution in [-0.2, 0) is 18.9 Å². The highest BCUT2D eigenvalue weighted by atomic mass is 16.5. The molecule has 0 aliphatic carbocycles. The standard InChI is InChI=1S/C18H30O4/c1-19-13-9-11-17-21-15-7-5-3-4-6-8-16-22-18-12-10-14-20-2/h3-8,13-18H2,1-2H3. The molecule has 0 bridgehead atoms. The van der Waals surface area contributed by atoms with E-state index in [-0.39, 0.29) is 0 Å². The molecule has 0 aromatic heterocycles. The molecule has 0 radical (unpaired) electrons. The highest BCUT2D eigenvalue weighted by molar-refractivity contribution is 4.99. The molecule has 0 aromatic carbocycles. The Morgan fingerprint density at radius 1 is 0.500 bits per heavy atom. The molecule has 4 nitrogen and oxygen atoms in total. The largest absolute Gasteiger partial charge is 0.372 e. The molecule has 0 saturated heterocycles. The average molecular weight is 310 g/mol. The molecular weight excluding hydrogens is 280 g/mol. The molecular formula is C18H30O4. The summed E-state index contributed by atoms with van der Waals surface area (Å²) in [6, 6.07) is 0. The van der Waals surface area contributed by atoms with Crippen LogP contribution in [0.4, 0.5) is 0 Å². The van der Waals surface area contributed by atoms with Gasteiger partial charge >= 0.3 is 0 Å². The third-order valence-electron chi connectivity index (χ3n) is 2.86. The minimum atomic E-state index is 0.479. The minimum Gasteiger partial charge on any atom is -0.372 e. The minimum absolute atomic E-state index is 0.479. The van der Waals surface area contributed by atoms with Crippen molar-refractivity contribution in [1.29, 1.82) is 0 Å². The zero-order chi connectivity index (χ0) is 16.1. The van der Waals surface area contributed by atoms with Crippen LogP contribution in [0.15, 0.2) is 0 Å². The summed E-state index contributed by atoms with van der Waals surface area (Å²) >= 11 is 0. The summed E-state index contributed by atoms with van der Waals surface area (Å²) in [4.78, 5) is 0. The lowest BCUT2D eigenvalue weighted by molar-refractivity contribution is 0.158. The average Bonchev–Trinajstić information content (AvgIpc) is 2.54. The number of hydrogen-bond donors (Lipinski definition) is 0. The van der Waals surface area contributed by atoms with Crippen LogP contribution >= 0.6 is 0 Å². The van der Waals surface area contributed by atoms with E-state index in [1.54, 1.807) is 14.2 Å². The molecule has 0 rings (SSSR count). The van der Waals surface area contributed by atoms with Gasteiger partial charge in [0.15, 0.2) is 0 Å². The maximum Gasteiger partial charge on any atom is 0.107 e. The van der Waals surface area contributed by atoms with Gasteiger partial charge in [-0.3, -0.25) is 0 Å². The molecule has 0 aromatic rings. The number of hydrogen-bond acceptors (Lipinski definition) is 4. The molecule has 0 amide bonds. The van der Waals surface area contributed by atoms with E-state index in [1.807, 2.05) is 0 Å². The SMILES string of the molecule is COCC#CCOCCCCCCCCOCC#CCOC. The van der Waals surface area contributed by atoms with Crippen LogP contribution in [-0.4, -0.2) is 53.9 Å². The van der Waals surface area contributed by atoms with E-state index in [0.717, 1.165) is 26.1 Å². The third kappa shape index (κ3) is 19.0. The number of rotatable bonds is 13. The molecule has 0 N–H and O–H groups in total. The lowest BCUT2D eigenvalue weighted by Gasteiger charge is -2.02. The zero-order valence-corrected chi connectivity index (χ0v) is 14.1. The van der Waals surface area contributed by atoms with Gasteiger partial charge in [0.2, 0.25) is 0 Å². The van der Waals surface area contributed by atoms with E-state index >= 15 is 0 Å². The monoisotopic (exact) mass is 310 g/mol. The lowest BCUT2D eigenvalue weighted by atomic mass is 10.1. The second-order valence-electron chi connectivity index (χ2n) is 4.80. The molecule has 0 atom stereocenters. The van der Waals surface area contributed by atoms with Gasteiger partial charge in [0, 0.05) is 27.4 Å². The van der Waals surface area contributed by atoms with Gasteiger partial charge < -0.3 is 18.9 Å². The summed E-state index contributed by atoms with van der Waals surface area (Å²) in [5, 5.41) is 0. The second kappa shape index (κ2) is 20.0. The van der Waals surface area contributed by atoms with E-state index < -0.39 is 0 Å². The summed E-state index contributed by atoms with van der Waals surface area (Å²) in [6.45, 7) is 3.57. The Hall–Kier alpha value is -1.04. The van der Waals surface area contributed by atoms with Gasteiger partial charge in [0.25, 0.3) is 0 Å². The van der Waals surface area contributed by atoms with Crippen LogP contribution in [0.3, 0.4) is 0 Å². The van der Waals surface area contributed by atoms with Crippen molar-refractivity contribution in [2.75, 3.05) is 53.9 Å². The van der Waals surface area contributed by atoms with Gasteiger partial charge in [0.05, 0.1) is 0 Å². The van der Waals surface area contributed by atoms with Crippen LogP contribution in [0.1, 0.15) is 38.5 Å². The fraction of sp³-hybridized carbons (Fsp3) is 0.778. The van der Waals surface area contributed by atoms with E-state index in [2.05, 4.69) is 23.7 Å². The highest BCUT2D eigenvalue weighted by Gasteiger charge is 1.92. The Morgan fingerprint density at radius 3 is 1.27 bits per heavy atom. The predicted octanol–water partition coefficient (Wildman–Crippen LogP) is 2.66. The van der Waals surface area contributed by atoms with Crippen molar-refractivity contribution in [3.63, 3.8) is 0 Å².